The number of hydrogen-bond donors (Lipinski definition) is 0. The van der Waals surface area contributed by atoms with Crippen LogP contribution in [0.25, 0.3) is 10.6 Å². The van der Waals surface area contributed by atoms with Gasteiger partial charge < -0.3 is 18.9 Å². The lowest BCUT2D eigenvalue weighted by atomic mass is 10.2. The number of hydrogen-bond acceptors (Lipinski definition) is 7. The van der Waals surface area contributed by atoms with Gasteiger partial charge in [0.05, 0.1) is 40.2 Å². The molecule has 2 aromatic rings. The summed E-state index contributed by atoms with van der Waals surface area (Å²) in [6.07, 6.45) is 1.47. The van der Waals surface area contributed by atoms with Crippen molar-refractivity contribution in [2.75, 3.05) is 28.4 Å². The Balaban J connectivity index is 2.53. The zero-order valence-corrected chi connectivity index (χ0v) is 12.9. The van der Waals surface area contributed by atoms with E-state index < -0.39 is 5.97 Å². The summed E-state index contributed by atoms with van der Waals surface area (Å²) in [7, 11) is 5.95. The summed E-state index contributed by atoms with van der Waals surface area (Å²) >= 11 is 1.22. The van der Waals surface area contributed by atoms with E-state index in [9.17, 15) is 4.79 Å². The predicted octanol–water partition coefficient (Wildman–Crippen LogP) is 2.62. The molecule has 0 radical (unpaired) electrons. The quantitative estimate of drug-likeness (QED) is 0.791. The van der Waals surface area contributed by atoms with Crippen molar-refractivity contribution in [2.24, 2.45) is 0 Å². The van der Waals surface area contributed by atoms with Crippen LogP contribution in [0.3, 0.4) is 0 Å². The fourth-order valence-electron chi connectivity index (χ4n) is 1.86. The van der Waals surface area contributed by atoms with Gasteiger partial charge in [0.15, 0.2) is 11.5 Å². The Labute approximate surface area is 126 Å². The minimum absolute atomic E-state index is 0.418. The molecule has 0 N–H and O–H groups in total. The van der Waals surface area contributed by atoms with Crippen LogP contribution in [0.15, 0.2) is 18.3 Å². The van der Waals surface area contributed by atoms with Gasteiger partial charge in [0.25, 0.3) is 0 Å². The molecular formula is C14H15NO5S. The highest BCUT2D eigenvalue weighted by Crippen LogP contribution is 2.45. The normalized spacial score (nSPS) is 10.1. The van der Waals surface area contributed by atoms with Gasteiger partial charge in [-0.25, -0.2) is 9.78 Å². The second-order valence-electron chi connectivity index (χ2n) is 3.90. The Morgan fingerprint density at radius 1 is 1.05 bits per heavy atom. The zero-order chi connectivity index (χ0) is 15.4. The molecular weight excluding hydrogens is 294 g/mol. The molecule has 7 heteroatoms. The third-order valence-corrected chi connectivity index (χ3v) is 3.84. The summed E-state index contributed by atoms with van der Waals surface area (Å²) in [5, 5.41) is 0.633. The highest BCUT2D eigenvalue weighted by molar-refractivity contribution is 7.16. The monoisotopic (exact) mass is 309 g/mol. The molecule has 1 aromatic carbocycles. The van der Waals surface area contributed by atoms with Crippen molar-refractivity contribution in [2.45, 2.75) is 0 Å². The topological polar surface area (TPSA) is 66.9 Å². The minimum atomic E-state index is -0.418. The summed E-state index contributed by atoms with van der Waals surface area (Å²) < 4.78 is 20.7. The van der Waals surface area contributed by atoms with Crippen molar-refractivity contribution in [3.8, 4) is 27.8 Å². The van der Waals surface area contributed by atoms with Crippen LogP contribution >= 0.6 is 11.3 Å². The summed E-state index contributed by atoms with van der Waals surface area (Å²) in [6, 6.07) is 3.57. The third-order valence-electron chi connectivity index (χ3n) is 2.83. The molecule has 0 atom stereocenters. The molecule has 0 aliphatic carbocycles. The average Bonchev–Trinajstić information content (AvgIpc) is 3.02. The van der Waals surface area contributed by atoms with Gasteiger partial charge in [0.2, 0.25) is 5.75 Å². The second-order valence-corrected chi connectivity index (χ2v) is 4.93. The van der Waals surface area contributed by atoms with Crippen LogP contribution in [-0.4, -0.2) is 39.4 Å². The molecule has 2 rings (SSSR count). The molecule has 0 bridgehead atoms. The standard InChI is InChI=1S/C14H15NO5S/c1-17-9-6-5-8(11(18-2)12(9)19-3)13-15-7-10(21-13)14(16)20-4/h5-7H,1-4H3. The highest BCUT2D eigenvalue weighted by atomic mass is 32.1. The van der Waals surface area contributed by atoms with E-state index in [-0.39, 0.29) is 0 Å². The number of methoxy groups -OCH3 is 4. The molecule has 1 heterocycles. The second kappa shape index (κ2) is 6.45. The number of rotatable bonds is 5. The van der Waals surface area contributed by atoms with E-state index in [4.69, 9.17) is 14.2 Å². The largest absolute Gasteiger partial charge is 0.493 e. The summed E-state index contributed by atoms with van der Waals surface area (Å²) in [6.45, 7) is 0. The highest BCUT2D eigenvalue weighted by Gasteiger charge is 2.20. The van der Waals surface area contributed by atoms with Crippen LogP contribution in [0.4, 0.5) is 0 Å². The van der Waals surface area contributed by atoms with Gasteiger partial charge in [-0.2, -0.15) is 0 Å². The third kappa shape index (κ3) is 2.78. The summed E-state index contributed by atoms with van der Waals surface area (Å²) in [4.78, 5) is 16.2. The van der Waals surface area contributed by atoms with Crippen molar-refractivity contribution in [1.82, 2.24) is 4.98 Å². The van der Waals surface area contributed by atoms with E-state index in [1.165, 1.54) is 38.9 Å². The Morgan fingerprint density at radius 3 is 2.33 bits per heavy atom. The fraction of sp³-hybridized carbons (Fsp3) is 0.286. The van der Waals surface area contributed by atoms with Crippen LogP contribution in [0.5, 0.6) is 17.2 Å². The molecule has 0 unspecified atom stereocenters. The molecule has 0 amide bonds. The Bertz CT molecular complexity index is 653. The van der Waals surface area contributed by atoms with Crippen LogP contribution in [0.2, 0.25) is 0 Å². The molecule has 0 aliphatic rings. The van der Waals surface area contributed by atoms with E-state index in [1.807, 2.05) is 0 Å². The van der Waals surface area contributed by atoms with Gasteiger partial charge in [0, 0.05) is 0 Å². The van der Waals surface area contributed by atoms with Crippen molar-refractivity contribution in [1.29, 1.82) is 0 Å². The molecule has 1 aromatic heterocycles. The van der Waals surface area contributed by atoms with Crippen LogP contribution in [0.1, 0.15) is 9.67 Å². The number of esters is 1. The summed E-state index contributed by atoms with van der Waals surface area (Å²) in [5.74, 6) is 1.12. The van der Waals surface area contributed by atoms with Crippen LogP contribution in [-0.2, 0) is 4.74 Å². The maximum Gasteiger partial charge on any atom is 0.349 e. The first kappa shape index (κ1) is 15.1. The SMILES string of the molecule is COC(=O)c1cnc(-c2ccc(OC)c(OC)c2OC)s1. The average molecular weight is 309 g/mol. The maximum atomic E-state index is 11.5. The van der Waals surface area contributed by atoms with E-state index in [1.54, 1.807) is 19.2 Å². The molecule has 0 saturated heterocycles. The van der Waals surface area contributed by atoms with Crippen LogP contribution in [0, 0.1) is 0 Å². The molecule has 0 aliphatic heterocycles. The lowest BCUT2D eigenvalue weighted by Gasteiger charge is -2.14. The number of nitrogens with zero attached hydrogens (tertiary/aromatic N) is 1. The number of ether oxygens (including phenoxy) is 4. The first-order valence-electron chi connectivity index (χ1n) is 5.99. The number of carbonyl (C=O) groups excluding carboxylic acids is 1. The number of benzene rings is 1. The minimum Gasteiger partial charge on any atom is -0.493 e. The molecule has 0 spiro atoms. The maximum absolute atomic E-state index is 11.5. The lowest BCUT2D eigenvalue weighted by Crippen LogP contribution is -1.97. The first-order chi connectivity index (χ1) is 10.2. The Hall–Kier alpha value is -2.28. The van der Waals surface area contributed by atoms with Gasteiger partial charge in [0.1, 0.15) is 9.88 Å². The van der Waals surface area contributed by atoms with Crippen molar-refractivity contribution < 1.29 is 23.7 Å². The van der Waals surface area contributed by atoms with E-state index in [0.29, 0.717) is 27.1 Å². The number of carbonyl (C=O) groups is 1. The molecule has 6 nitrogen and oxygen atoms in total. The molecule has 21 heavy (non-hydrogen) atoms. The van der Waals surface area contributed by atoms with Crippen molar-refractivity contribution in [3.63, 3.8) is 0 Å². The van der Waals surface area contributed by atoms with Gasteiger partial charge in [-0.15, -0.1) is 11.3 Å². The van der Waals surface area contributed by atoms with Crippen molar-refractivity contribution >= 4 is 17.3 Å². The van der Waals surface area contributed by atoms with Gasteiger partial charge in [-0.1, -0.05) is 0 Å². The van der Waals surface area contributed by atoms with Crippen molar-refractivity contribution in [3.05, 3.63) is 23.2 Å². The number of aromatic nitrogens is 1. The zero-order valence-electron chi connectivity index (χ0n) is 12.1. The first-order valence-corrected chi connectivity index (χ1v) is 6.81. The van der Waals surface area contributed by atoms with Crippen LogP contribution < -0.4 is 14.2 Å². The Morgan fingerprint density at radius 2 is 1.76 bits per heavy atom. The Kier molecular flexibility index (Phi) is 4.64. The molecule has 0 fully saturated rings. The lowest BCUT2D eigenvalue weighted by molar-refractivity contribution is 0.0606. The van der Waals surface area contributed by atoms with E-state index >= 15 is 0 Å². The van der Waals surface area contributed by atoms with Gasteiger partial charge >= 0.3 is 5.97 Å². The molecule has 112 valence electrons. The van der Waals surface area contributed by atoms with Gasteiger partial charge in [-0.3, -0.25) is 0 Å². The fourth-order valence-corrected chi connectivity index (χ4v) is 2.72. The van der Waals surface area contributed by atoms with Gasteiger partial charge in [-0.05, 0) is 12.1 Å². The van der Waals surface area contributed by atoms with E-state index in [2.05, 4.69) is 9.72 Å². The summed E-state index contributed by atoms with van der Waals surface area (Å²) in [5.41, 5.74) is 0.718. The van der Waals surface area contributed by atoms with E-state index in [0.717, 1.165) is 5.56 Å². The predicted molar refractivity (Wildman–Crippen MR) is 78.5 cm³/mol. The number of thiazole rings is 1. The smallest absolute Gasteiger partial charge is 0.349 e. The molecule has 0 saturated carbocycles.